The van der Waals surface area contributed by atoms with Crippen LogP contribution in [0.4, 0.5) is 5.69 Å². The molecule has 1 aromatic carbocycles. The van der Waals surface area contributed by atoms with Gasteiger partial charge in [0.05, 0.1) is 17.3 Å². The van der Waals surface area contributed by atoms with Gasteiger partial charge in [0.25, 0.3) is 0 Å². The van der Waals surface area contributed by atoms with Gasteiger partial charge in [0.15, 0.2) is 0 Å². The van der Waals surface area contributed by atoms with E-state index in [0.29, 0.717) is 4.47 Å². The zero-order valence-electron chi connectivity index (χ0n) is 10.8. The zero-order valence-corrected chi connectivity index (χ0v) is 12.4. The highest BCUT2D eigenvalue weighted by Crippen LogP contribution is 2.22. The number of rotatable bonds is 5. The number of aromatic carboxylic acids is 1. The molecule has 0 aliphatic heterocycles. The third-order valence-electron chi connectivity index (χ3n) is 3.03. The number of benzene rings is 1. The first-order valence-electron chi connectivity index (χ1n) is 5.96. The highest BCUT2D eigenvalue weighted by atomic mass is 79.9. The third kappa shape index (κ3) is 4.04. The van der Waals surface area contributed by atoms with E-state index in [9.17, 15) is 9.59 Å². The lowest BCUT2D eigenvalue weighted by atomic mass is 9.99. The molecule has 0 bridgehead atoms. The van der Waals surface area contributed by atoms with Crippen molar-refractivity contribution >= 4 is 33.5 Å². The van der Waals surface area contributed by atoms with Gasteiger partial charge in [-0.2, -0.15) is 0 Å². The van der Waals surface area contributed by atoms with Crippen LogP contribution in [-0.4, -0.2) is 23.0 Å². The van der Waals surface area contributed by atoms with E-state index in [4.69, 9.17) is 10.8 Å². The molecule has 6 heteroatoms. The van der Waals surface area contributed by atoms with Gasteiger partial charge in [0.2, 0.25) is 5.91 Å². The number of carboxylic acid groups (broad SMARTS) is 1. The molecule has 0 saturated carbocycles. The summed E-state index contributed by atoms with van der Waals surface area (Å²) in [5, 5.41) is 11.6. The van der Waals surface area contributed by atoms with Crippen molar-refractivity contribution in [3.63, 3.8) is 0 Å². The Morgan fingerprint density at radius 2 is 2.11 bits per heavy atom. The summed E-state index contributed by atoms with van der Waals surface area (Å²) in [6.45, 7) is 3.82. The van der Waals surface area contributed by atoms with Crippen molar-refractivity contribution in [2.75, 3.05) is 5.32 Å². The minimum Gasteiger partial charge on any atom is -0.478 e. The average molecular weight is 329 g/mol. The molecule has 0 aliphatic rings. The van der Waals surface area contributed by atoms with E-state index in [1.807, 2.05) is 13.8 Å². The number of hydrogen-bond acceptors (Lipinski definition) is 3. The van der Waals surface area contributed by atoms with Gasteiger partial charge in [0.1, 0.15) is 0 Å². The van der Waals surface area contributed by atoms with E-state index < -0.39 is 12.0 Å². The maximum absolute atomic E-state index is 12.0. The van der Waals surface area contributed by atoms with Crippen molar-refractivity contribution in [3.05, 3.63) is 28.2 Å². The lowest BCUT2D eigenvalue weighted by Crippen LogP contribution is -2.40. The molecule has 0 saturated heterocycles. The van der Waals surface area contributed by atoms with Crippen LogP contribution in [-0.2, 0) is 4.79 Å². The maximum Gasteiger partial charge on any atom is 0.337 e. The molecule has 5 nitrogen and oxygen atoms in total. The third-order valence-corrected chi connectivity index (χ3v) is 3.52. The molecule has 19 heavy (non-hydrogen) atoms. The second-order valence-electron chi connectivity index (χ2n) is 4.40. The number of nitrogens with two attached hydrogens (primary N) is 1. The summed E-state index contributed by atoms with van der Waals surface area (Å²) >= 11 is 3.24. The number of carbonyl (C=O) groups excluding carboxylic acids is 1. The number of carbonyl (C=O) groups is 2. The summed E-state index contributed by atoms with van der Waals surface area (Å²) in [6, 6.07) is 3.92. The van der Waals surface area contributed by atoms with Crippen LogP contribution in [0.15, 0.2) is 22.7 Å². The Bertz CT molecular complexity index is 491. The van der Waals surface area contributed by atoms with Crippen LogP contribution in [0.1, 0.15) is 30.6 Å². The van der Waals surface area contributed by atoms with E-state index in [-0.39, 0.29) is 23.1 Å². The van der Waals surface area contributed by atoms with Gasteiger partial charge in [-0.05, 0) is 24.1 Å². The van der Waals surface area contributed by atoms with Crippen molar-refractivity contribution in [1.29, 1.82) is 0 Å². The van der Waals surface area contributed by atoms with Gasteiger partial charge in [-0.15, -0.1) is 0 Å². The summed E-state index contributed by atoms with van der Waals surface area (Å²) < 4.78 is 0.685. The molecule has 1 aromatic rings. The summed E-state index contributed by atoms with van der Waals surface area (Å²) in [6.07, 6.45) is 0.777. The van der Waals surface area contributed by atoms with Crippen molar-refractivity contribution in [2.45, 2.75) is 26.3 Å². The SMILES string of the molecule is CCC(C)C(N)C(=O)Nc1cc(Br)ccc1C(=O)O. The summed E-state index contributed by atoms with van der Waals surface area (Å²) in [5.74, 6) is -1.45. The second-order valence-corrected chi connectivity index (χ2v) is 5.31. The van der Waals surface area contributed by atoms with Gasteiger partial charge in [-0.3, -0.25) is 4.79 Å². The Hall–Kier alpha value is -1.40. The number of amides is 1. The van der Waals surface area contributed by atoms with Crippen LogP contribution in [0.3, 0.4) is 0 Å². The van der Waals surface area contributed by atoms with Gasteiger partial charge in [-0.25, -0.2) is 4.79 Å². The minimum atomic E-state index is -1.10. The molecule has 0 spiro atoms. The molecular weight excluding hydrogens is 312 g/mol. The number of anilines is 1. The standard InChI is InChI=1S/C13H17BrN2O3/c1-3-7(2)11(15)12(17)16-10-6-8(14)4-5-9(10)13(18)19/h4-7,11H,3,15H2,1-2H3,(H,16,17)(H,18,19). The number of halogens is 1. The Morgan fingerprint density at radius 3 is 2.63 bits per heavy atom. The van der Waals surface area contributed by atoms with Crippen molar-refractivity contribution in [2.24, 2.45) is 11.7 Å². The quantitative estimate of drug-likeness (QED) is 0.774. The molecule has 0 radical (unpaired) electrons. The molecule has 0 fully saturated rings. The summed E-state index contributed by atoms with van der Waals surface area (Å²) in [4.78, 5) is 23.0. The number of carboxylic acids is 1. The molecule has 0 heterocycles. The number of hydrogen-bond donors (Lipinski definition) is 3. The molecule has 2 unspecified atom stereocenters. The van der Waals surface area contributed by atoms with Crippen LogP contribution in [0, 0.1) is 5.92 Å². The van der Waals surface area contributed by atoms with Crippen LogP contribution in [0.2, 0.25) is 0 Å². The van der Waals surface area contributed by atoms with Crippen molar-refractivity contribution in [3.8, 4) is 0 Å². The summed E-state index contributed by atoms with van der Waals surface area (Å²) in [5.41, 5.74) is 6.09. The van der Waals surface area contributed by atoms with Crippen LogP contribution in [0.5, 0.6) is 0 Å². The number of nitrogens with one attached hydrogen (secondary N) is 1. The van der Waals surface area contributed by atoms with Gasteiger partial charge in [0, 0.05) is 4.47 Å². The monoisotopic (exact) mass is 328 g/mol. The normalized spacial score (nSPS) is 13.7. The smallest absolute Gasteiger partial charge is 0.337 e. The van der Waals surface area contributed by atoms with Crippen LogP contribution in [0.25, 0.3) is 0 Å². The highest BCUT2D eigenvalue weighted by Gasteiger charge is 2.21. The Morgan fingerprint density at radius 1 is 1.47 bits per heavy atom. The van der Waals surface area contributed by atoms with E-state index in [2.05, 4.69) is 21.2 Å². The summed E-state index contributed by atoms with van der Waals surface area (Å²) in [7, 11) is 0. The van der Waals surface area contributed by atoms with Gasteiger partial charge < -0.3 is 16.2 Å². The second kappa shape index (κ2) is 6.68. The first-order valence-corrected chi connectivity index (χ1v) is 6.75. The predicted octanol–water partition coefficient (Wildman–Crippen LogP) is 2.46. The zero-order chi connectivity index (χ0) is 14.6. The van der Waals surface area contributed by atoms with Crippen LogP contribution >= 0.6 is 15.9 Å². The van der Waals surface area contributed by atoms with Crippen molar-refractivity contribution in [1.82, 2.24) is 0 Å². The molecular formula is C13H17BrN2O3. The van der Waals surface area contributed by atoms with E-state index in [0.717, 1.165) is 6.42 Å². The largest absolute Gasteiger partial charge is 0.478 e. The Labute approximate surface area is 120 Å². The van der Waals surface area contributed by atoms with E-state index >= 15 is 0 Å². The van der Waals surface area contributed by atoms with Gasteiger partial charge in [-0.1, -0.05) is 36.2 Å². The first-order chi connectivity index (χ1) is 8.86. The lowest BCUT2D eigenvalue weighted by Gasteiger charge is -2.18. The molecule has 4 N–H and O–H groups in total. The molecule has 2 atom stereocenters. The first kappa shape index (κ1) is 15.7. The van der Waals surface area contributed by atoms with E-state index in [1.54, 1.807) is 12.1 Å². The fraction of sp³-hybridized carbons (Fsp3) is 0.385. The molecule has 104 valence electrons. The Kier molecular flexibility index (Phi) is 5.50. The minimum absolute atomic E-state index is 0.0282. The van der Waals surface area contributed by atoms with Gasteiger partial charge >= 0.3 is 5.97 Å². The predicted molar refractivity (Wildman–Crippen MR) is 77.2 cm³/mol. The highest BCUT2D eigenvalue weighted by molar-refractivity contribution is 9.10. The fourth-order valence-corrected chi connectivity index (χ4v) is 1.90. The average Bonchev–Trinajstić information content (AvgIpc) is 2.36. The molecule has 1 rings (SSSR count). The topological polar surface area (TPSA) is 92.4 Å². The van der Waals surface area contributed by atoms with Crippen molar-refractivity contribution < 1.29 is 14.7 Å². The molecule has 0 aliphatic carbocycles. The van der Waals surface area contributed by atoms with E-state index in [1.165, 1.54) is 6.07 Å². The Balaban J connectivity index is 2.95. The fourth-order valence-electron chi connectivity index (χ4n) is 1.53. The molecule has 0 aromatic heterocycles. The van der Waals surface area contributed by atoms with Crippen LogP contribution < -0.4 is 11.1 Å². The lowest BCUT2D eigenvalue weighted by molar-refractivity contribution is -0.118. The molecule has 1 amide bonds. The maximum atomic E-state index is 12.0.